The van der Waals surface area contributed by atoms with Crippen molar-refractivity contribution in [2.75, 3.05) is 5.48 Å². The molecule has 9 heavy (non-hydrogen) atoms. The Kier molecular flexibility index (Phi) is 1.87. The van der Waals surface area contributed by atoms with Crippen LogP contribution in [-0.4, -0.2) is 10.2 Å². The molecule has 48 valence electrons. The summed E-state index contributed by atoms with van der Waals surface area (Å²) in [4.78, 5) is 3.69. The number of nitrogens with zero attached hydrogens (tertiary/aromatic N) is 1. The summed E-state index contributed by atoms with van der Waals surface area (Å²) in [5.41, 5.74) is 2.46. The molecule has 1 aromatic rings. The summed E-state index contributed by atoms with van der Waals surface area (Å²) in [6.07, 6.45) is 1.43. The molecular formula is C5H5ClN2O. The molecule has 3 nitrogen and oxygen atoms in total. The Morgan fingerprint density at radius 2 is 2.33 bits per heavy atom. The van der Waals surface area contributed by atoms with Crippen molar-refractivity contribution < 1.29 is 5.21 Å². The second-order valence-corrected chi connectivity index (χ2v) is 1.87. The molecule has 0 saturated heterocycles. The van der Waals surface area contributed by atoms with Crippen LogP contribution in [0.25, 0.3) is 0 Å². The largest absolute Gasteiger partial charge is 0.291 e. The van der Waals surface area contributed by atoms with Crippen LogP contribution in [0.4, 0.5) is 5.69 Å². The van der Waals surface area contributed by atoms with E-state index in [1.165, 1.54) is 6.20 Å². The Bertz CT molecular complexity index is 187. The molecule has 0 unspecified atom stereocenters. The van der Waals surface area contributed by atoms with Gasteiger partial charge in [-0.1, -0.05) is 11.6 Å². The van der Waals surface area contributed by atoms with Gasteiger partial charge in [-0.25, -0.2) is 4.98 Å². The van der Waals surface area contributed by atoms with Crippen molar-refractivity contribution in [1.82, 2.24) is 4.98 Å². The molecule has 0 bridgehead atoms. The van der Waals surface area contributed by atoms with Gasteiger partial charge in [0.1, 0.15) is 5.15 Å². The number of pyridine rings is 1. The van der Waals surface area contributed by atoms with Crippen LogP contribution in [-0.2, 0) is 0 Å². The fourth-order valence-electron chi connectivity index (χ4n) is 0.442. The van der Waals surface area contributed by atoms with Crippen molar-refractivity contribution in [3.8, 4) is 0 Å². The molecule has 0 atom stereocenters. The van der Waals surface area contributed by atoms with E-state index in [4.69, 9.17) is 16.8 Å². The van der Waals surface area contributed by atoms with Crippen LogP contribution < -0.4 is 5.48 Å². The Labute approximate surface area is 57.3 Å². The molecule has 4 heteroatoms. The first kappa shape index (κ1) is 6.32. The van der Waals surface area contributed by atoms with Crippen LogP contribution >= 0.6 is 11.6 Å². The fourth-order valence-corrected chi connectivity index (χ4v) is 0.554. The van der Waals surface area contributed by atoms with Crippen molar-refractivity contribution in [2.45, 2.75) is 0 Å². The second kappa shape index (κ2) is 2.66. The minimum absolute atomic E-state index is 0.411. The van der Waals surface area contributed by atoms with Crippen LogP contribution in [0.15, 0.2) is 18.3 Å². The Morgan fingerprint density at radius 1 is 1.56 bits per heavy atom. The van der Waals surface area contributed by atoms with E-state index in [1.807, 2.05) is 5.48 Å². The number of anilines is 1. The van der Waals surface area contributed by atoms with E-state index in [0.717, 1.165) is 0 Å². The minimum atomic E-state index is 0.411. The summed E-state index contributed by atoms with van der Waals surface area (Å²) < 4.78 is 0. The molecule has 0 aliphatic rings. The molecule has 1 heterocycles. The monoisotopic (exact) mass is 144 g/mol. The summed E-state index contributed by atoms with van der Waals surface area (Å²) in [6, 6.07) is 3.20. The molecule has 1 aromatic heterocycles. The number of hydrogen-bond donors (Lipinski definition) is 2. The van der Waals surface area contributed by atoms with E-state index in [1.54, 1.807) is 12.1 Å². The van der Waals surface area contributed by atoms with Gasteiger partial charge in [0.05, 0.1) is 11.9 Å². The van der Waals surface area contributed by atoms with Gasteiger partial charge in [-0.3, -0.25) is 10.7 Å². The van der Waals surface area contributed by atoms with Gasteiger partial charge in [-0.15, -0.1) is 0 Å². The number of rotatable bonds is 1. The summed E-state index contributed by atoms with van der Waals surface area (Å²) in [5.74, 6) is 0. The van der Waals surface area contributed by atoms with Crippen molar-refractivity contribution in [2.24, 2.45) is 0 Å². The summed E-state index contributed by atoms with van der Waals surface area (Å²) in [5, 5.41) is 8.71. The van der Waals surface area contributed by atoms with E-state index in [-0.39, 0.29) is 0 Å². The molecule has 0 spiro atoms. The topological polar surface area (TPSA) is 45.1 Å². The lowest BCUT2D eigenvalue weighted by Crippen LogP contribution is -1.88. The van der Waals surface area contributed by atoms with Crippen LogP contribution in [0, 0.1) is 0 Å². The van der Waals surface area contributed by atoms with Crippen molar-refractivity contribution in [1.29, 1.82) is 0 Å². The molecular weight excluding hydrogens is 140 g/mol. The van der Waals surface area contributed by atoms with Gasteiger partial charge in [-0.05, 0) is 12.1 Å². The highest BCUT2D eigenvalue weighted by Gasteiger charge is 1.87. The number of hydrogen-bond acceptors (Lipinski definition) is 3. The zero-order chi connectivity index (χ0) is 6.69. The van der Waals surface area contributed by atoms with E-state index < -0.39 is 0 Å². The predicted molar refractivity (Wildman–Crippen MR) is 34.7 cm³/mol. The first-order chi connectivity index (χ1) is 4.33. The molecule has 1 rings (SSSR count). The summed E-state index contributed by atoms with van der Waals surface area (Å²) >= 11 is 5.45. The second-order valence-electron chi connectivity index (χ2n) is 1.48. The molecule has 0 saturated carbocycles. The summed E-state index contributed by atoms with van der Waals surface area (Å²) in [7, 11) is 0. The minimum Gasteiger partial charge on any atom is -0.291 e. The third kappa shape index (κ3) is 1.55. The molecule has 0 radical (unpaired) electrons. The summed E-state index contributed by atoms with van der Waals surface area (Å²) in [6.45, 7) is 0. The zero-order valence-electron chi connectivity index (χ0n) is 4.50. The van der Waals surface area contributed by atoms with Crippen molar-refractivity contribution in [3.05, 3.63) is 23.5 Å². The molecule has 0 amide bonds. The Morgan fingerprint density at radius 3 is 2.78 bits per heavy atom. The Hall–Kier alpha value is -0.800. The van der Waals surface area contributed by atoms with Gasteiger partial charge in [0.25, 0.3) is 0 Å². The van der Waals surface area contributed by atoms with Gasteiger partial charge in [0.2, 0.25) is 0 Å². The van der Waals surface area contributed by atoms with Gasteiger partial charge in [0.15, 0.2) is 0 Å². The fraction of sp³-hybridized carbons (Fsp3) is 0. The van der Waals surface area contributed by atoms with Gasteiger partial charge in [0, 0.05) is 0 Å². The molecule has 0 aliphatic carbocycles. The van der Waals surface area contributed by atoms with E-state index >= 15 is 0 Å². The van der Waals surface area contributed by atoms with Crippen molar-refractivity contribution >= 4 is 17.3 Å². The van der Waals surface area contributed by atoms with E-state index in [0.29, 0.717) is 10.8 Å². The first-order valence-electron chi connectivity index (χ1n) is 2.34. The third-order valence-corrected chi connectivity index (χ3v) is 1.08. The maximum Gasteiger partial charge on any atom is 0.129 e. The number of aromatic nitrogens is 1. The number of nitrogens with one attached hydrogen (secondary N) is 1. The van der Waals surface area contributed by atoms with Crippen molar-refractivity contribution in [3.63, 3.8) is 0 Å². The lowest BCUT2D eigenvalue weighted by Gasteiger charge is -1.94. The lowest BCUT2D eigenvalue weighted by molar-refractivity contribution is 0.388. The van der Waals surface area contributed by atoms with E-state index in [2.05, 4.69) is 4.98 Å². The third-order valence-electron chi connectivity index (χ3n) is 0.856. The van der Waals surface area contributed by atoms with Gasteiger partial charge >= 0.3 is 0 Å². The molecule has 2 N–H and O–H groups in total. The predicted octanol–water partition coefficient (Wildman–Crippen LogP) is 1.54. The van der Waals surface area contributed by atoms with Gasteiger partial charge < -0.3 is 0 Å². The maximum atomic E-state index is 8.30. The standard InChI is InChI=1S/C5H5ClN2O/c6-5-2-1-4(8-9)3-7-5/h1-3,8-9H. The molecule has 0 aliphatic heterocycles. The van der Waals surface area contributed by atoms with E-state index in [9.17, 15) is 0 Å². The smallest absolute Gasteiger partial charge is 0.129 e. The highest BCUT2D eigenvalue weighted by molar-refractivity contribution is 6.29. The zero-order valence-corrected chi connectivity index (χ0v) is 5.26. The van der Waals surface area contributed by atoms with Crippen LogP contribution in [0.1, 0.15) is 0 Å². The lowest BCUT2D eigenvalue weighted by atomic mass is 10.4. The molecule has 0 aromatic carbocycles. The normalized spacial score (nSPS) is 9.11. The highest BCUT2D eigenvalue weighted by atomic mass is 35.5. The Balaban J connectivity index is 2.88. The average Bonchev–Trinajstić information content (AvgIpc) is 1.90. The van der Waals surface area contributed by atoms with Crippen LogP contribution in [0.2, 0.25) is 5.15 Å². The highest BCUT2D eigenvalue weighted by Crippen LogP contribution is 2.07. The van der Waals surface area contributed by atoms with Crippen LogP contribution in [0.3, 0.4) is 0 Å². The number of halogens is 1. The molecule has 0 fully saturated rings. The SMILES string of the molecule is ONc1ccc(Cl)nc1. The average molecular weight is 145 g/mol. The van der Waals surface area contributed by atoms with Gasteiger partial charge in [-0.2, -0.15) is 0 Å². The quantitative estimate of drug-likeness (QED) is 0.464. The first-order valence-corrected chi connectivity index (χ1v) is 2.72. The van der Waals surface area contributed by atoms with Crippen LogP contribution in [0.5, 0.6) is 0 Å². The maximum absolute atomic E-state index is 8.30.